The SMILES string of the molecule is Nc1ccc(F)c(C(=O)OCc2cccc(Br)c2)c1F. The maximum absolute atomic E-state index is 13.6. The molecular formula is C14H10BrF2NO2. The first-order valence-corrected chi connectivity index (χ1v) is 6.43. The molecule has 3 nitrogen and oxygen atoms in total. The molecule has 20 heavy (non-hydrogen) atoms. The highest BCUT2D eigenvalue weighted by Gasteiger charge is 2.21. The van der Waals surface area contributed by atoms with E-state index in [1.165, 1.54) is 0 Å². The lowest BCUT2D eigenvalue weighted by molar-refractivity contribution is 0.0461. The van der Waals surface area contributed by atoms with E-state index in [0.717, 1.165) is 16.6 Å². The van der Waals surface area contributed by atoms with Gasteiger partial charge in [-0.3, -0.25) is 0 Å². The quantitative estimate of drug-likeness (QED) is 0.684. The lowest BCUT2D eigenvalue weighted by Gasteiger charge is -2.08. The normalized spacial score (nSPS) is 10.3. The van der Waals surface area contributed by atoms with Crippen LogP contribution in [0, 0.1) is 11.6 Å². The molecule has 0 atom stereocenters. The molecule has 0 fully saturated rings. The van der Waals surface area contributed by atoms with Gasteiger partial charge in [0.2, 0.25) is 0 Å². The van der Waals surface area contributed by atoms with Gasteiger partial charge in [-0.15, -0.1) is 0 Å². The molecule has 2 N–H and O–H groups in total. The predicted molar refractivity (Wildman–Crippen MR) is 74.0 cm³/mol. The summed E-state index contributed by atoms with van der Waals surface area (Å²) in [5.41, 5.74) is 4.91. The standard InChI is InChI=1S/C14H10BrF2NO2/c15-9-3-1-2-8(6-9)7-20-14(19)12-10(16)4-5-11(18)13(12)17/h1-6H,7,18H2. The Morgan fingerprint density at radius 2 is 2.00 bits per heavy atom. The van der Waals surface area contributed by atoms with E-state index in [-0.39, 0.29) is 12.3 Å². The molecule has 2 aromatic rings. The van der Waals surface area contributed by atoms with E-state index in [2.05, 4.69) is 15.9 Å². The molecule has 0 amide bonds. The van der Waals surface area contributed by atoms with Crippen LogP contribution in [0.3, 0.4) is 0 Å². The summed E-state index contributed by atoms with van der Waals surface area (Å²) in [5, 5.41) is 0. The molecule has 0 spiro atoms. The van der Waals surface area contributed by atoms with Crippen molar-refractivity contribution in [2.75, 3.05) is 5.73 Å². The molecule has 6 heteroatoms. The summed E-state index contributed by atoms with van der Waals surface area (Å²) >= 11 is 3.27. The molecule has 0 saturated heterocycles. The van der Waals surface area contributed by atoms with Crippen LogP contribution in [0.5, 0.6) is 0 Å². The zero-order valence-electron chi connectivity index (χ0n) is 10.2. The highest BCUT2D eigenvalue weighted by Crippen LogP contribution is 2.20. The van der Waals surface area contributed by atoms with Gasteiger partial charge in [-0.2, -0.15) is 0 Å². The van der Waals surface area contributed by atoms with Crippen LogP contribution in [-0.4, -0.2) is 5.97 Å². The van der Waals surface area contributed by atoms with Crippen LogP contribution < -0.4 is 5.73 Å². The Morgan fingerprint density at radius 1 is 1.25 bits per heavy atom. The maximum atomic E-state index is 13.6. The van der Waals surface area contributed by atoms with Gasteiger partial charge in [0.1, 0.15) is 18.0 Å². The molecule has 0 radical (unpaired) electrons. The molecular weight excluding hydrogens is 332 g/mol. The third-order valence-electron chi connectivity index (χ3n) is 2.58. The van der Waals surface area contributed by atoms with Crippen molar-refractivity contribution < 1.29 is 18.3 Å². The average molecular weight is 342 g/mol. The molecule has 0 aromatic heterocycles. The van der Waals surface area contributed by atoms with Crippen molar-refractivity contribution in [3.63, 3.8) is 0 Å². The molecule has 0 bridgehead atoms. The molecule has 0 saturated carbocycles. The number of hydrogen-bond acceptors (Lipinski definition) is 3. The first kappa shape index (κ1) is 14.5. The Labute approximate surface area is 122 Å². The van der Waals surface area contributed by atoms with Gasteiger partial charge in [-0.05, 0) is 29.8 Å². The van der Waals surface area contributed by atoms with Gasteiger partial charge in [0.15, 0.2) is 5.82 Å². The zero-order chi connectivity index (χ0) is 14.7. The number of carbonyl (C=O) groups is 1. The van der Waals surface area contributed by atoms with E-state index in [4.69, 9.17) is 10.5 Å². The predicted octanol–water partition coefficient (Wildman–Crippen LogP) is 3.67. The minimum absolute atomic E-state index is 0.0913. The van der Waals surface area contributed by atoms with E-state index >= 15 is 0 Å². The van der Waals surface area contributed by atoms with Crippen LogP contribution in [0.15, 0.2) is 40.9 Å². The fourth-order valence-corrected chi connectivity index (χ4v) is 2.05. The number of esters is 1. The second kappa shape index (κ2) is 6.00. The van der Waals surface area contributed by atoms with Crippen molar-refractivity contribution >= 4 is 27.6 Å². The van der Waals surface area contributed by atoms with Crippen molar-refractivity contribution in [3.8, 4) is 0 Å². The molecule has 2 aromatic carbocycles. The van der Waals surface area contributed by atoms with Crippen LogP contribution in [0.25, 0.3) is 0 Å². The summed E-state index contributed by atoms with van der Waals surface area (Å²) in [7, 11) is 0. The van der Waals surface area contributed by atoms with E-state index in [0.29, 0.717) is 5.56 Å². The molecule has 0 aliphatic carbocycles. The van der Waals surface area contributed by atoms with Crippen molar-refractivity contribution in [3.05, 3.63) is 63.6 Å². The smallest absolute Gasteiger partial charge is 0.344 e. The number of halogens is 3. The van der Waals surface area contributed by atoms with E-state index in [1.54, 1.807) is 18.2 Å². The van der Waals surface area contributed by atoms with Gasteiger partial charge < -0.3 is 10.5 Å². The number of benzene rings is 2. The lowest BCUT2D eigenvalue weighted by Crippen LogP contribution is -2.11. The highest BCUT2D eigenvalue weighted by molar-refractivity contribution is 9.10. The van der Waals surface area contributed by atoms with Crippen LogP contribution in [-0.2, 0) is 11.3 Å². The lowest BCUT2D eigenvalue weighted by atomic mass is 10.1. The van der Waals surface area contributed by atoms with E-state index in [9.17, 15) is 13.6 Å². The Hall–Kier alpha value is -1.95. The van der Waals surface area contributed by atoms with Gasteiger partial charge in [-0.25, -0.2) is 13.6 Å². The Morgan fingerprint density at radius 3 is 2.70 bits per heavy atom. The minimum Gasteiger partial charge on any atom is -0.457 e. The van der Waals surface area contributed by atoms with Crippen LogP contribution in [0.1, 0.15) is 15.9 Å². The summed E-state index contributed by atoms with van der Waals surface area (Å²) in [6.07, 6.45) is 0. The topological polar surface area (TPSA) is 52.3 Å². The number of nitrogens with two attached hydrogens (primary N) is 1. The maximum Gasteiger partial charge on any atom is 0.344 e. The fraction of sp³-hybridized carbons (Fsp3) is 0.0714. The number of hydrogen-bond donors (Lipinski definition) is 1. The highest BCUT2D eigenvalue weighted by atomic mass is 79.9. The van der Waals surface area contributed by atoms with Crippen molar-refractivity contribution in [1.29, 1.82) is 0 Å². The van der Waals surface area contributed by atoms with Crippen LogP contribution >= 0.6 is 15.9 Å². The molecule has 0 aliphatic rings. The summed E-state index contributed by atoms with van der Waals surface area (Å²) in [6.45, 7) is -0.0913. The third-order valence-corrected chi connectivity index (χ3v) is 3.08. The van der Waals surface area contributed by atoms with Gasteiger partial charge >= 0.3 is 5.97 Å². The number of ether oxygens (including phenoxy) is 1. The Balaban J connectivity index is 2.15. The number of anilines is 1. The molecule has 0 unspecified atom stereocenters. The van der Waals surface area contributed by atoms with Crippen molar-refractivity contribution in [2.45, 2.75) is 6.61 Å². The number of rotatable bonds is 3. The summed E-state index contributed by atoms with van der Waals surface area (Å²) in [5.74, 6) is -3.20. The second-order valence-corrected chi connectivity index (χ2v) is 4.95. The summed E-state index contributed by atoms with van der Waals surface area (Å²) in [6, 6.07) is 9.00. The summed E-state index contributed by atoms with van der Waals surface area (Å²) < 4.78 is 32.8. The van der Waals surface area contributed by atoms with E-state index in [1.807, 2.05) is 6.07 Å². The van der Waals surface area contributed by atoms with Crippen LogP contribution in [0.2, 0.25) is 0 Å². The largest absolute Gasteiger partial charge is 0.457 e. The van der Waals surface area contributed by atoms with Gasteiger partial charge in [0, 0.05) is 4.47 Å². The average Bonchev–Trinajstić information content (AvgIpc) is 2.41. The fourth-order valence-electron chi connectivity index (χ4n) is 1.60. The number of carbonyl (C=O) groups excluding carboxylic acids is 1. The van der Waals surface area contributed by atoms with E-state index < -0.39 is 23.2 Å². The summed E-state index contributed by atoms with van der Waals surface area (Å²) in [4.78, 5) is 11.7. The van der Waals surface area contributed by atoms with Crippen molar-refractivity contribution in [1.82, 2.24) is 0 Å². The first-order valence-electron chi connectivity index (χ1n) is 5.64. The molecule has 0 heterocycles. The molecule has 104 valence electrons. The van der Waals surface area contributed by atoms with Gasteiger partial charge in [0.05, 0.1) is 5.69 Å². The third kappa shape index (κ3) is 3.14. The Bertz CT molecular complexity index is 662. The minimum atomic E-state index is -1.11. The van der Waals surface area contributed by atoms with Crippen molar-refractivity contribution in [2.24, 2.45) is 0 Å². The second-order valence-electron chi connectivity index (χ2n) is 4.03. The number of nitrogen functional groups attached to an aromatic ring is 1. The molecule has 2 rings (SSSR count). The Kier molecular flexibility index (Phi) is 4.34. The molecule has 0 aliphatic heterocycles. The monoisotopic (exact) mass is 341 g/mol. The zero-order valence-corrected chi connectivity index (χ0v) is 11.8. The van der Waals surface area contributed by atoms with Crippen LogP contribution in [0.4, 0.5) is 14.5 Å². The van der Waals surface area contributed by atoms with Gasteiger partial charge in [-0.1, -0.05) is 28.1 Å². The van der Waals surface area contributed by atoms with Gasteiger partial charge in [0.25, 0.3) is 0 Å². The first-order chi connectivity index (χ1) is 9.49.